The van der Waals surface area contributed by atoms with E-state index in [0.29, 0.717) is 23.8 Å². The van der Waals surface area contributed by atoms with E-state index in [9.17, 15) is 9.90 Å². The number of likely N-dealkylation sites (N-methyl/N-ethyl adjacent to an activating group) is 1. The Bertz CT molecular complexity index is 713. The van der Waals surface area contributed by atoms with Crippen molar-refractivity contribution >= 4 is 17.4 Å². The lowest BCUT2D eigenvalue weighted by atomic mass is 10.1. The summed E-state index contributed by atoms with van der Waals surface area (Å²) in [5, 5.41) is 21.2. The number of nitrogens with zero attached hydrogens (tertiary/aromatic N) is 3. The largest absolute Gasteiger partial charge is 0.391 e. The minimum absolute atomic E-state index is 0.103. The number of benzene rings is 1. The van der Waals surface area contributed by atoms with Crippen molar-refractivity contribution in [3.8, 4) is 0 Å². The molecule has 6 nitrogen and oxygen atoms in total. The highest BCUT2D eigenvalue weighted by Crippen LogP contribution is 2.32. The molecule has 1 amide bonds. The Morgan fingerprint density at radius 2 is 2.12 bits per heavy atom. The number of hydrogen-bond acceptors (Lipinski definition) is 5. The summed E-state index contributed by atoms with van der Waals surface area (Å²) >= 11 is 0. The number of nitrogens with one attached hydrogen (secondary N) is 1. The van der Waals surface area contributed by atoms with Gasteiger partial charge < -0.3 is 15.3 Å². The number of rotatable bonds is 6. The SMILES string of the molecule is Cc1ccc(Nc2cccc(C(=O)N(C)CC(O)C3CC3)c2)nn1. The summed E-state index contributed by atoms with van der Waals surface area (Å²) < 4.78 is 0. The number of carbonyl (C=O) groups excluding carboxylic acids is 1. The average Bonchev–Trinajstić information content (AvgIpc) is 3.41. The molecule has 1 aromatic heterocycles. The molecule has 1 heterocycles. The van der Waals surface area contributed by atoms with Crippen LogP contribution in [0.1, 0.15) is 28.9 Å². The maximum atomic E-state index is 12.5. The molecule has 0 saturated heterocycles. The van der Waals surface area contributed by atoms with Gasteiger partial charge in [-0.3, -0.25) is 4.79 Å². The van der Waals surface area contributed by atoms with Crippen LogP contribution in [0.2, 0.25) is 0 Å². The summed E-state index contributed by atoms with van der Waals surface area (Å²) in [4.78, 5) is 14.1. The van der Waals surface area contributed by atoms with Gasteiger partial charge in [-0.1, -0.05) is 6.07 Å². The minimum atomic E-state index is -0.428. The van der Waals surface area contributed by atoms with Crippen LogP contribution in [0.3, 0.4) is 0 Å². The van der Waals surface area contributed by atoms with Gasteiger partial charge in [0.15, 0.2) is 5.82 Å². The van der Waals surface area contributed by atoms with Gasteiger partial charge in [0.05, 0.1) is 11.8 Å². The molecular formula is C18H22N4O2. The maximum Gasteiger partial charge on any atom is 0.253 e. The summed E-state index contributed by atoms with van der Waals surface area (Å²) in [5.74, 6) is 0.879. The highest BCUT2D eigenvalue weighted by atomic mass is 16.3. The predicted octanol–water partition coefficient (Wildman–Crippen LogP) is 2.37. The summed E-state index contributed by atoms with van der Waals surface area (Å²) in [7, 11) is 1.72. The number of hydrogen-bond donors (Lipinski definition) is 2. The summed E-state index contributed by atoms with van der Waals surface area (Å²) in [6, 6.07) is 11.0. The standard InChI is InChI=1S/C18H22N4O2/c1-12-6-9-17(21-20-12)19-15-5-3-4-14(10-15)18(24)22(2)11-16(23)13-7-8-13/h3-6,9-10,13,16,23H,7-8,11H2,1-2H3,(H,19,21). The van der Waals surface area contributed by atoms with E-state index in [4.69, 9.17) is 0 Å². The molecule has 0 aliphatic heterocycles. The second-order valence-electron chi connectivity index (χ2n) is 6.36. The molecule has 1 aliphatic rings. The van der Waals surface area contributed by atoms with Crippen LogP contribution in [0.25, 0.3) is 0 Å². The smallest absolute Gasteiger partial charge is 0.253 e. The molecule has 1 fully saturated rings. The lowest BCUT2D eigenvalue weighted by molar-refractivity contribution is 0.0645. The zero-order chi connectivity index (χ0) is 17.1. The van der Waals surface area contributed by atoms with Gasteiger partial charge in [0.2, 0.25) is 0 Å². The number of aromatic nitrogens is 2. The molecule has 0 spiro atoms. The molecule has 1 unspecified atom stereocenters. The third-order valence-electron chi connectivity index (χ3n) is 4.15. The quantitative estimate of drug-likeness (QED) is 0.852. The molecule has 1 atom stereocenters. The highest BCUT2D eigenvalue weighted by molar-refractivity contribution is 5.95. The van der Waals surface area contributed by atoms with E-state index in [-0.39, 0.29) is 5.91 Å². The number of aliphatic hydroxyl groups excluding tert-OH is 1. The van der Waals surface area contributed by atoms with E-state index in [0.717, 1.165) is 24.2 Å². The van der Waals surface area contributed by atoms with E-state index in [1.165, 1.54) is 0 Å². The van der Waals surface area contributed by atoms with Crippen LogP contribution in [0.15, 0.2) is 36.4 Å². The van der Waals surface area contributed by atoms with Gasteiger partial charge >= 0.3 is 0 Å². The molecule has 0 radical (unpaired) electrons. The van der Waals surface area contributed by atoms with Crippen molar-refractivity contribution in [2.75, 3.05) is 18.9 Å². The van der Waals surface area contributed by atoms with Crippen LogP contribution in [0.4, 0.5) is 11.5 Å². The fourth-order valence-electron chi connectivity index (χ4n) is 2.56. The van der Waals surface area contributed by atoms with Crippen molar-refractivity contribution in [2.24, 2.45) is 5.92 Å². The van der Waals surface area contributed by atoms with Crippen LogP contribution in [-0.4, -0.2) is 45.8 Å². The zero-order valence-corrected chi connectivity index (χ0v) is 13.9. The van der Waals surface area contributed by atoms with Crippen molar-refractivity contribution in [1.82, 2.24) is 15.1 Å². The first-order valence-corrected chi connectivity index (χ1v) is 8.14. The maximum absolute atomic E-state index is 12.5. The van der Waals surface area contributed by atoms with E-state index < -0.39 is 6.10 Å². The summed E-state index contributed by atoms with van der Waals surface area (Å²) in [6.45, 7) is 2.24. The normalized spacial score (nSPS) is 15.0. The third-order valence-corrected chi connectivity index (χ3v) is 4.15. The first kappa shape index (κ1) is 16.4. The highest BCUT2D eigenvalue weighted by Gasteiger charge is 2.31. The molecule has 1 saturated carbocycles. The third kappa shape index (κ3) is 4.08. The van der Waals surface area contributed by atoms with Crippen molar-refractivity contribution < 1.29 is 9.90 Å². The number of aryl methyl sites for hydroxylation is 1. The van der Waals surface area contributed by atoms with Gasteiger partial charge in [0.25, 0.3) is 5.91 Å². The molecule has 6 heteroatoms. The Hall–Kier alpha value is -2.47. The molecule has 0 bridgehead atoms. The summed E-state index contributed by atoms with van der Waals surface area (Å²) in [5.41, 5.74) is 2.20. The van der Waals surface area contributed by atoms with Crippen LogP contribution in [0, 0.1) is 12.8 Å². The first-order valence-electron chi connectivity index (χ1n) is 8.14. The van der Waals surface area contributed by atoms with Crippen molar-refractivity contribution in [1.29, 1.82) is 0 Å². The van der Waals surface area contributed by atoms with E-state index in [1.54, 1.807) is 24.1 Å². The Kier molecular flexibility index (Phi) is 4.76. The average molecular weight is 326 g/mol. The minimum Gasteiger partial charge on any atom is -0.391 e. The zero-order valence-electron chi connectivity index (χ0n) is 13.9. The molecule has 126 valence electrons. The van der Waals surface area contributed by atoms with E-state index in [2.05, 4.69) is 15.5 Å². The van der Waals surface area contributed by atoms with Gasteiger partial charge in [-0.2, -0.15) is 5.10 Å². The van der Waals surface area contributed by atoms with Crippen LogP contribution in [-0.2, 0) is 0 Å². The van der Waals surface area contributed by atoms with Crippen LogP contribution in [0.5, 0.6) is 0 Å². The van der Waals surface area contributed by atoms with E-state index >= 15 is 0 Å². The van der Waals surface area contributed by atoms with Gasteiger partial charge in [-0.15, -0.1) is 5.10 Å². The molecule has 1 aliphatic carbocycles. The second kappa shape index (κ2) is 6.97. The monoisotopic (exact) mass is 326 g/mol. The molecular weight excluding hydrogens is 304 g/mol. The van der Waals surface area contributed by atoms with Gasteiger partial charge in [0.1, 0.15) is 0 Å². The lowest BCUT2D eigenvalue weighted by Gasteiger charge is -2.21. The molecule has 3 rings (SSSR count). The predicted molar refractivity (Wildman–Crippen MR) is 92.2 cm³/mol. The van der Waals surface area contributed by atoms with Crippen molar-refractivity contribution in [3.05, 3.63) is 47.7 Å². The lowest BCUT2D eigenvalue weighted by Crippen LogP contribution is -2.35. The van der Waals surface area contributed by atoms with Crippen molar-refractivity contribution in [2.45, 2.75) is 25.9 Å². The number of amides is 1. The van der Waals surface area contributed by atoms with Gasteiger partial charge in [0, 0.05) is 24.8 Å². The number of aliphatic hydroxyl groups is 1. The van der Waals surface area contributed by atoms with Crippen LogP contribution < -0.4 is 5.32 Å². The topological polar surface area (TPSA) is 78.4 Å². The Morgan fingerprint density at radius 1 is 1.33 bits per heavy atom. The second-order valence-corrected chi connectivity index (χ2v) is 6.36. The van der Waals surface area contributed by atoms with Gasteiger partial charge in [-0.05, 0) is 56.0 Å². The molecule has 2 aromatic rings. The molecule has 24 heavy (non-hydrogen) atoms. The van der Waals surface area contributed by atoms with E-state index in [1.807, 2.05) is 31.2 Å². The molecule has 1 aromatic carbocycles. The van der Waals surface area contributed by atoms with Crippen LogP contribution >= 0.6 is 0 Å². The van der Waals surface area contributed by atoms with Gasteiger partial charge in [-0.25, -0.2) is 0 Å². The Balaban J connectivity index is 1.67. The number of carbonyl (C=O) groups is 1. The fourth-order valence-corrected chi connectivity index (χ4v) is 2.56. The van der Waals surface area contributed by atoms with Crippen molar-refractivity contribution in [3.63, 3.8) is 0 Å². The first-order chi connectivity index (χ1) is 11.5. The Morgan fingerprint density at radius 3 is 2.79 bits per heavy atom. The number of anilines is 2. The summed E-state index contributed by atoms with van der Waals surface area (Å²) in [6.07, 6.45) is 1.68. The molecule has 2 N–H and O–H groups in total. The Labute approximate surface area is 141 Å². The fraction of sp³-hybridized carbons (Fsp3) is 0.389.